The Morgan fingerprint density at radius 3 is 2.25 bits per heavy atom. The van der Waals surface area contributed by atoms with Gasteiger partial charge in [-0.2, -0.15) is 0 Å². The van der Waals surface area contributed by atoms with E-state index in [2.05, 4.69) is 5.32 Å². The van der Waals surface area contributed by atoms with E-state index in [1.807, 2.05) is 0 Å². The molecule has 0 unspecified atom stereocenters. The van der Waals surface area contributed by atoms with Crippen molar-refractivity contribution in [1.29, 1.82) is 0 Å². The molecule has 5 nitrogen and oxygen atoms in total. The SMILES string of the molecule is CC[C@H](NC(=O)N(C)C)C(=O)O. The van der Waals surface area contributed by atoms with Gasteiger partial charge in [0.1, 0.15) is 6.04 Å². The molecule has 2 N–H and O–H groups in total. The Hall–Kier alpha value is -1.26. The molecule has 0 rings (SSSR count). The van der Waals surface area contributed by atoms with Crippen molar-refractivity contribution in [3.05, 3.63) is 0 Å². The molecule has 5 heteroatoms. The number of hydrogen-bond donors (Lipinski definition) is 2. The molecule has 0 saturated heterocycles. The van der Waals surface area contributed by atoms with Gasteiger partial charge in [-0.1, -0.05) is 6.92 Å². The molecule has 1 atom stereocenters. The van der Waals surface area contributed by atoms with Gasteiger partial charge >= 0.3 is 12.0 Å². The van der Waals surface area contributed by atoms with Gasteiger partial charge in [0.05, 0.1) is 0 Å². The lowest BCUT2D eigenvalue weighted by atomic mass is 10.2. The molecule has 0 aromatic rings. The van der Waals surface area contributed by atoms with E-state index in [0.29, 0.717) is 6.42 Å². The van der Waals surface area contributed by atoms with Crippen LogP contribution in [-0.4, -0.2) is 42.1 Å². The van der Waals surface area contributed by atoms with E-state index in [4.69, 9.17) is 5.11 Å². The van der Waals surface area contributed by atoms with Crippen LogP contribution in [0.25, 0.3) is 0 Å². The third-order valence-electron chi connectivity index (χ3n) is 1.41. The van der Waals surface area contributed by atoms with Gasteiger partial charge in [-0.05, 0) is 6.42 Å². The second kappa shape index (κ2) is 4.58. The summed E-state index contributed by atoms with van der Waals surface area (Å²) in [5.74, 6) is -1.01. The Morgan fingerprint density at radius 2 is 2.00 bits per heavy atom. The topological polar surface area (TPSA) is 69.6 Å². The second-order valence-electron chi connectivity index (χ2n) is 2.64. The van der Waals surface area contributed by atoms with Crippen molar-refractivity contribution in [3.63, 3.8) is 0 Å². The summed E-state index contributed by atoms with van der Waals surface area (Å²) in [5, 5.41) is 10.9. The van der Waals surface area contributed by atoms with Crippen LogP contribution >= 0.6 is 0 Å². The largest absolute Gasteiger partial charge is 0.480 e. The minimum Gasteiger partial charge on any atom is -0.480 e. The van der Waals surface area contributed by atoms with Gasteiger partial charge in [-0.25, -0.2) is 9.59 Å². The van der Waals surface area contributed by atoms with E-state index < -0.39 is 12.0 Å². The van der Waals surface area contributed by atoms with Crippen molar-refractivity contribution in [3.8, 4) is 0 Å². The van der Waals surface area contributed by atoms with Gasteiger partial charge in [0, 0.05) is 14.1 Å². The molecule has 2 amide bonds. The predicted octanol–water partition coefficient (Wildman–Crippen LogP) is 0.121. The maximum Gasteiger partial charge on any atom is 0.326 e. The molecule has 0 radical (unpaired) electrons. The van der Waals surface area contributed by atoms with E-state index in [0.717, 1.165) is 0 Å². The molecule has 0 aliphatic heterocycles. The van der Waals surface area contributed by atoms with Crippen LogP contribution in [0.1, 0.15) is 13.3 Å². The van der Waals surface area contributed by atoms with Gasteiger partial charge in [0.25, 0.3) is 0 Å². The summed E-state index contributed by atoms with van der Waals surface area (Å²) < 4.78 is 0. The fourth-order valence-corrected chi connectivity index (χ4v) is 0.617. The standard InChI is InChI=1S/C7H14N2O3/c1-4-5(6(10)11)8-7(12)9(2)3/h5H,4H2,1-3H3,(H,8,12)(H,10,11)/t5-/m0/s1. The number of carboxylic acids is 1. The number of hydrogen-bond acceptors (Lipinski definition) is 2. The molecule has 0 bridgehead atoms. The van der Waals surface area contributed by atoms with Crippen LogP contribution in [0.3, 0.4) is 0 Å². The zero-order valence-electron chi connectivity index (χ0n) is 7.50. The second-order valence-corrected chi connectivity index (χ2v) is 2.64. The van der Waals surface area contributed by atoms with Crippen molar-refractivity contribution in [2.45, 2.75) is 19.4 Å². The van der Waals surface area contributed by atoms with Crippen LogP contribution in [0.4, 0.5) is 4.79 Å². The fraction of sp³-hybridized carbons (Fsp3) is 0.714. The summed E-state index contributed by atoms with van der Waals surface area (Å²) in [6, 6.07) is -1.18. The van der Waals surface area contributed by atoms with Gasteiger partial charge in [-0.3, -0.25) is 0 Å². The molecule has 12 heavy (non-hydrogen) atoms. The minimum absolute atomic E-state index is 0.384. The fourth-order valence-electron chi connectivity index (χ4n) is 0.617. The van der Waals surface area contributed by atoms with Crippen LogP contribution in [0.15, 0.2) is 0 Å². The molecule has 0 aliphatic rings. The lowest BCUT2D eigenvalue weighted by molar-refractivity contribution is -0.139. The molecule has 0 fully saturated rings. The summed E-state index contributed by atoms with van der Waals surface area (Å²) in [6.45, 7) is 1.70. The highest BCUT2D eigenvalue weighted by molar-refractivity contribution is 5.82. The third-order valence-corrected chi connectivity index (χ3v) is 1.41. The lowest BCUT2D eigenvalue weighted by Gasteiger charge is -2.16. The van der Waals surface area contributed by atoms with Crippen molar-refractivity contribution < 1.29 is 14.7 Å². The van der Waals surface area contributed by atoms with Crippen LogP contribution < -0.4 is 5.32 Å². The van der Waals surface area contributed by atoms with Gasteiger partial charge < -0.3 is 15.3 Å². The Labute approximate surface area is 71.4 Å². The molecule has 0 aromatic heterocycles. The summed E-state index contributed by atoms with van der Waals surface area (Å²) in [5.41, 5.74) is 0. The number of nitrogens with one attached hydrogen (secondary N) is 1. The summed E-state index contributed by atoms with van der Waals surface area (Å²) >= 11 is 0. The number of carbonyl (C=O) groups is 2. The normalized spacial score (nSPS) is 11.9. The van der Waals surface area contributed by atoms with E-state index in [1.54, 1.807) is 21.0 Å². The molecular weight excluding hydrogens is 160 g/mol. The highest BCUT2D eigenvalue weighted by atomic mass is 16.4. The summed E-state index contributed by atoms with van der Waals surface area (Å²) in [4.78, 5) is 22.7. The van der Waals surface area contributed by atoms with E-state index in [1.165, 1.54) is 4.90 Å². The Balaban J connectivity index is 4.03. The van der Waals surface area contributed by atoms with Crippen LogP contribution in [0.5, 0.6) is 0 Å². The molecule has 0 saturated carbocycles. The van der Waals surface area contributed by atoms with Crippen LogP contribution in [-0.2, 0) is 4.79 Å². The number of carboxylic acid groups (broad SMARTS) is 1. The maximum absolute atomic E-state index is 11.0. The Kier molecular flexibility index (Phi) is 4.10. The molecule has 0 spiro atoms. The average molecular weight is 174 g/mol. The molecule has 0 aromatic carbocycles. The van der Waals surface area contributed by atoms with Crippen molar-refractivity contribution in [2.75, 3.05) is 14.1 Å². The van der Waals surface area contributed by atoms with Crippen molar-refractivity contribution in [1.82, 2.24) is 10.2 Å². The molecule has 70 valence electrons. The first kappa shape index (κ1) is 10.7. The summed E-state index contributed by atoms with van der Waals surface area (Å²) in [6.07, 6.45) is 0.384. The quantitative estimate of drug-likeness (QED) is 0.638. The maximum atomic E-state index is 11.0. The predicted molar refractivity (Wildman–Crippen MR) is 43.9 cm³/mol. The van der Waals surface area contributed by atoms with Gasteiger partial charge in [0.2, 0.25) is 0 Å². The Morgan fingerprint density at radius 1 is 1.50 bits per heavy atom. The lowest BCUT2D eigenvalue weighted by Crippen LogP contribution is -2.45. The monoisotopic (exact) mass is 174 g/mol. The minimum atomic E-state index is -1.01. The van der Waals surface area contributed by atoms with E-state index in [9.17, 15) is 9.59 Å². The number of nitrogens with zero attached hydrogens (tertiary/aromatic N) is 1. The number of carbonyl (C=O) groups excluding carboxylic acids is 1. The smallest absolute Gasteiger partial charge is 0.326 e. The average Bonchev–Trinajstić information content (AvgIpc) is 1.98. The zero-order valence-corrected chi connectivity index (χ0v) is 7.50. The Bertz CT molecular complexity index is 179. The number of aliphatic carboxylic acids is 1. The van der Waals surface area contributed by atoms with Gasteiger partial charge in [0.15, 0.2) is 0 Å². The third kappa shape index (κ3) is 3.23. The number of rotatable bonds is 3. The first-order chi connectivity index (χ1) is 5.49. The van der Waals surface area contributed by atoms with Crippen LogP contribution in [0.2, 0.25) is 0 Å². The first-order valence-corrected chi connectivity index (χ1v) is 3.69. The first-order valence-electron chi connectivity index (χ1n) is 3.69. The number of urea groups is 1. The van der Waals surface area contributed by atoms with Crippen molar-refractivity contribution >= 4 is 12.0 Å². The molecular formula is C7H14N2O3. The van der Waals surface area contributed by atoms with Crippen molar-refractivity contribution in [2.24, 2.45) is 0 Å². The highest BCUT2D eigenvalue weighted by Gasteiger charge is 2.17. The highest BCUT2D eigenvalue weighted by Crippen LogP contribution is 1.91. The van der Waals surface area contributed by atoms with Gasteiger partial charge in [-0.15, -0.1) is 0 Å². The zero-order chi connectivity index (χ0) is 9.72. The van der Waals surface area contributed by atoms with E-state index >= 15 is 0 Å². The molecule has 0 aliphatic carbocycles. The summed E-state index contributed by atoms with van der Waals surface area (Å²) in [7, 11) is 3.12. The van der Waals surface area contributed by atoms with E-state index in [-0.39, 0.29) is 6.03 Å². The number of amides is 2. The van der Waals surface area contributed by atoms with Crippen LogP contribution in [0, 0.1) is 0 Å². The molecule has 0 heterocycles.